The first kappa shape index (κ1) is 13.2. The van der Waals surface area contributed by atoms with Crippen molar-refractivity contribution in [3.8, 4) is 11.5 Å². The van der Waals surface area contributed by atoms with Crippen molar-refractivity contribution in [2.45, 2.75) is 30.6 Å². The maximum Gasteiger partial charge on any atom is 0.129 e. The Hall–Kier alpha value is -0.870. The molecular weight excluding hydrogens is 224 g/mol. The molecule has 0 saturated heterocycles. The minimum Gasteiger partial charge on any atom is -0.508 e. The summed E-state index contributed by atoms with van der Waals surface area (Å²) in [6, 6.07) is 4.55. The summed E-state index contributed by atoms with van der Waals surface area (Å²) in [4.78, 5) is 0.724. The lowest BCUT2D eigenvalue weighted by Gasteiger charge is -2.04. The van der Waals surface area contributed by atoms with Gasteiger partial charge in [0.15, 0.2) is 0 Å². The van der Waals surface area contributed by atoms with Gasteiger partial charge in [0.05, 0.1) is 4.90 Å². The lowest BCUT2D eigenvalue weighted by molar-refractivity contribution is 0.283. The van der Waals surface area contributed by atoms with Crippen LogP contribution in [0.5, 0.6) is 11.5 Å². The molecule has 0 aliphatic carbocycles. The highest BCUT2D eigenvalue weighted by Gasteiger charge is 2.02. The smallest absolute Gasteiger partial charge is 0.129 e. The van der Waals surface area contributed by atoms with Gasteiger partial charge >= 0.3 is 0 Å². The van der Waals surface area contributed by atoms with Gasteiger partial charge in [-0.2, -0.15) is 0 Å². The number of phenols is 2. The number of rotatable bonds is 7. The van der Waals surface area contributed by atoms with Gasteiger partial charge in [-0.3, -0.25) is 0 Å². The monoisotopic (exact) mass is 242 g/mol. The first-order valence-corrected chi connectivity index (χ1v) is 6.48. The second-order valence-corrected chi connectivity index (χ2v) is 4.78. The van der Waals surface area contributed by atoms with E-state index < -0.39 is 0 Å². The minimum absolute atomic E-state index is 0.181. The molecule has 0 unspecified atom stereocenters. The Kier molecular flexibility index (Phi) is 6.11. The SMILES string of the molecule is OCCCCCCSc1cc(O)ccc1O. The van der Waals surface area contributed by atoms with Crippen molar-refractivity contribution < 1.29 is 15.3 Å². The van der Waals surface area contributed by atoms with E-state index in [1.54, 1.807) is 17.8 Å². The molecule has 3 nitrogen and oxygen atoms in total. The maximum absolute atomic E-state index is 9.51. The van der Waals surface area contributed by atoms with Crippen molar-refractivity contribution in [3.05, 3.63) is 18.2 Å². The third-order valence-electron chi connectivity index (χ3n) is 2.25. The molecule has 0 radical (unpaired) electrons. The Balaban J connectivity index is 2.23. The van der Waals surface area contributed by atoms with Gasteiger partial charge < -0.3 is 15.3 Å². The largest absolute Gasteiger partial charge is 0.508 e. The van der Waals surface area contributed by atoms with Gasteiger partial charge in [-0.1, -0.05) is 12.8 Å². The topological polar surface area (TPSA) is 60.7 Å². The predicted molar refractivity (Wildman–Crippen MR) is 66.0 cm³/mol. The molecule has 0 heterocycles. The van der Waals surface area contributed by atoms with E-state index in [1.165, 1.54) is 12.1 Å². The summed E-state index contributed by atoms with van der Waals surface area (Å²) in [5, 5.41) is 27.4. The van der Waals surface area contributed by atoms with Gasteiger partial charge in [-0.25, -0.2) is 0 Å². The number of hydrogen-bond donors (Lipinski definition) is 3. The molecule has 0 aliphatic rings. The number of aliphatic hydroxyl groups is 1. The van der Waals surface area contributed by atoms with Crippen molar-refractivity contribution in [3.63, 3.8) is 0 Å². The second-order valence-electron chi connectivity index (χ2n) is 3.64. The third kappa shape index (κ3) is 4.77. The molecule has 0 amide bonds. The average Bonchev–Trinajstić information content (AvgIpc) is 2.28. The zero-order valence-electron chi connectivity index (χ0n) is 9.22. The van der Waals surface area contributed by atoms with Crippen LogP contribution in [0.4, 0.5) is 0 Å². The van der Waals surface area contributed by atoms with Crippen molar-refractivity contribution in [2.24, 2.45) is 0 Å². The Labute approximate surface area is 100 Å². The molecule has 1 aromatic rings. The summed E-state index contributed by atoms with van der Waals surface area (Å²) in [6.07, 6.45) is 4.05. The molecule has 0 atom stereocenters. The molecule has 0 saturated carbocycles. The van der Waals surface area contributed by atoms with Gasteiger partial charge in [-0.05, 0) is 36.8 Å². The summed E-state index contributed by atoms with van der Waals surface area (Å²) in [5.41, 5.74) is 0. The van der Waals surface area contributed by atoms with E-state index in [2.05, 4.69) is 0 Å². The van der Waals surface area contributed by atoms with Crippen molar-refractivity contribution in [2.75, 3.05) is 12.4 Å². The average molecular weight is 242 g/mol. The van der Waals surface area contributed by atoms with Crippen LogP contribution >= 0.6 is 11.8 Å². The van der Waals surface area contributed by atoms with E-state index in [0.717, 1.165) is 36.3 Å². The maximum atomic E-state index is 9.51. The molecule has 0 spiro atoms. The number of phenolic OH excluding ortho intramolecular Hbond substituents is 2. The van der Waals surface area contributed by atoms with Crippen LogP contribution in [0, 0.1) is 0 Å². The van der Waals surface area contributed by atoms with E-state index >= 15 is 0 Å². The molecule has 1 aromatic carbocycles. The summed E-state index contributed by atoms with van der Waals surface area (Å²) >= 11 is 1.55. The van der Waals surface area contributed by atoms with Crippen LogP contribution < -0.4 is 0 Å². The van der Waals surface area contributed by atoms with Crippen molar-refractivity contribution >= 4 is 11.8 Å². The van der Waals surface area contributed by atoms with E-state index in [0.29, 0.717) is 0 Å². The Bertz CT molecular complexity index is 315. The number of hydrogen-bond acceptors (Lipinski definition) is 4. The highest BCUT2D eigenvalue weighted by molar-refractivity contribution is 7.99. The molecule has 4 heteroatoms. The molecule has 0 aliphatic heterocycles. The van der Waals surface area contributed by atoms with Gasteiger partial charge in [0, 0.05) is 6.61 Å². The Morgan fingerprint density at radius 3 is 2.50 bits per heavy atom. The van der Waals surface area contributed by atoms with Crippen LogP contribution in [0.15, 0.2) is 23.1 Å². The molecule has 3 N–H and O–H groups in total. The normalized spacial score (nSPS) is 10.6. The molecule has 1 rings (SSSR count). The van der Waals surface area contributed by atoms with Crippen LogP contribution in [-0.2, 0) is 0 Å². The number of benzene rings is 1. The Morgan fingerprint density at radius 1 is 1.00 bits per heavy atom. The van der Waals surface area contributed by atoms with E-state index in [1.807, 2.05) is 0 Å². The summed E-state index contributed by atoms with van der Waals surface area (Å²) in [6.45, 7) is 0.264. The number of thioether (sulfide) groups is 1. The number of unbranched alkanes of at least 4 members (excludes halogenated alkanes) is 3. The number of aliphatic hydroxyl groups excluding tert-OH is 1. The van der Waals surface area contributed by atoms with E-state index in [-0.39, 0.29) is 18.1 Å². The lowest BCUT2D eigenvalue weighted by atomic mass is 10.2. The summed E-state index contributed by atoms with van der Waals surface area (Å²) < 4.78 is 0. The summed E-state index contributed by atoms with van der Waals surface area (Å²) in [5.74, 6) is 1.32. The lowest BCUT2D eigenvalue weighted by Crippen LogP contribution is -1.85. The zero-order valence-corrected chi connectivity index (χ0v) is 10.0. The van der Waals surface area contributed by atoms with E-state index in [9.17, 15) is 10.2 Å². The van der Waals surface area contributed by atoms with Crippen LogP contribution in [-0.4, -0.2) is 27.7 Å². The minimum atomic E-state index is 0.181. The summed E-state index contributed by atoms with van der Waals surface area (Å²) in [7, 11) is 0. The highest BCUT2D eigenvalue weighted by Crippen LogP contribution is 2.31. The molecule has 0 fully saturated rings. The Morgan fingerprint density at radius 2 is 1.75 bits per heavy atom. The molecule has 0 aromatic heterocycles. The van der Waals surface area contributed by atoms with Crippen LogP contribution in [0.1, 0.15) is 25.7 Å². The first-order valence-electron chi connectivity index (χ1n) is 5.49. The standard InChI is InChI=1S/C12H18O3S/c13-7-3-1-2-4-8-16-12-9-10(14)5-6-11(12)15/h5-6,9,13-15H,1-4,7-8H2. The van der Waals surface area contributed by atoms with Gasteiger partial charge in [0.25, 0.3) is 0 Å². The van der Waals surface area contributed by atoms with Crippen LogP contribution in [0.2, 0.25) is 0 Å². The van der Waals surface area contributed by atoms with Crippen LogP contribution in [0.3, 0.4) is 0 Å². The molecular formula is C12H18O3S. The van der Waals surface area contributed by atoms with Crippen LogP contribution in [0.25, 0.3) is 0 Å². The predicted octanol–water partition coefficient (Wildman–Crippen LogP) is 2.74. The zero-order chi connectivity index (χ0) is 11.8. The highest BCUT2D eigenvalue weighted by atomic mass is 32.2. The first-order chi connectivity index (χ1) is 7.74. The molecule has 90 valence electrons. The van der Waals surface area contributed by atoms with Crippen molar-refractivity contribution in [1.29, 1.82) is 0 Å². The molecule has 16 heavy (non-hydrogen) atoms. The second kappa shape index (κ2) is 7.41. The van der Waals surface area contributed by atoms with Gasteiger partial charge in [0.2, 0.25) is 0 Å². The van der Waals surface area contributed by atoms with Gasteiger partial charge in [-0.15, -0.1) is 11.8 Å². The quantitative estimate of drug-likeness (QED) is 0.391. The van der Waals surface area contributed by atoms with E-state index in [4.69, 9.17) is 5.11 Å². The fourth-order valence-electron chi connectivity index (χ4n) is 1.37. The van der Waals surface area contributed by atoms with Crippen molar-refractivity contribution in [1.82, 2.24) is 0 Å². The fraction of sp³-hybridized carbons (Fsp3) is 0.500. The van der Waals surface area contributed by atoms with Gasteiger partial charge in [0.1, 0.15) is 11.5 Å². The number of aromatic hydroxyl groups is 2. The molecule has 0 bridgehead atoms. The third-order valence-corrected chi connectivity index (χ3v) is 3.38. The fourth-order valence-corrected chi connectivity index (χ4v) is 2.36.